The van der Waals surface area contributed by atoms with Crippen molar-refractivity contribution in [1.29, 1.82) is 0 Å². The second-order valence-corrected chi connectivity index (χ2v) is 3.12. The third-order valence-electron chi connectivity index (χ3n) is 1.78. The van der Waals surface area contributed by atoms with Crippen LogP contribution in [0.4, 0.5) is 0 Å². The van der Waals surface area contributed by atoms with Gasteiger partial charge in [0.2, 0.25) is 5.91 Å². The van der Waals surface area contributed by atoms with E-state index in [2.05, 4.69) is 5.32 Å². The Balaban J connectivity index is 2.14. The van der Waals surface area contributed by atoms with Gasteiger partial charge < -0.3 is 10.1 Å². The number of β-lactam (4-membered cyclic amide) rings is 1. The van der Waals surface area contributed by atoms with Crippen LogP contribution < -0.4 is 5.32 Å². The first-order valence-corrected chi connectivity index (χ1v) is 4.04. The van der Waals surface area contributed by atoms with Crippen LogP contribution in [-0.4, -0.2) is 24.0 Å². The van der Waals surface area contributed by atoms with Crippen LogP contribution in [-0.2, 0) is 14.3 Å². The van der Waals surface area contributed by atoms with Crippen molar-refractivity contribution in [3.05, 3.63) is 0 Å². The minimum absolute atomic E-state index is 0.0787. The molecule has 1 amide bonds. The Labute approximate surface area is 71.3 Å². The Hall–Kier alpha value is -1.06. The number of esters is 1. The van der Waals surface area contributed by atoms with Crippen molar-refractivity contribution in [3.63, 3.8) is 0 Å². The molecule has 4 nitrogen and oxygen atoms in total. The van der Waals surface area contributed by atoms with E-state index in [4.69, 9.17) is 4.74 Å². The van der Waals surface area contributed by atoms with Crippen molar-refractivity contribution in [2.24, 2.45) is 0 Å². The number of nitrogens with one attached hydrogen (secondary N) is 1. The van der Waals surface area contributed by atoms with Crippen LogP contribution >= 0.6 is 0 Å². The predicted molar refractivity (Wildman–Crippen MR) is 42.4 cm³/mol. The van der Waals surface area contributed by atoms with Gasteiger partial charge >= 0.3 is 5.97 Å². The average molecular weight is 171 g/mol. The van der Waals surface area contributed by atoms with E-state index in [1.165, 1.54) is 6.92 Å². The molecule has 1 rings (SSSR count). The fourth-order valence-corrected chi connectivity index (χ4v) is 1.30. The lowest BCUT2D eigenvalue weighted by Crippen LogP contribution is -2.49. The fraction of sp³-hybridized carbons (Fsp3) is 0.750. The molecule has 1 aliphatic heterocycles. The van der Waals surface area contributed by atoms with Gasteiger partial charge in [-0.3, -0.25) is 9.59 Å². The number of amides is 1. The Morgan fingerprint density at radius 1 is 1.83 bits per heavy atom. The fourth-order valence-electron chi connectivity index (χ4n) is 1.30. The van der Waals surface area contributed by atoms with Crippen molar-refractivity contribution in [2.75, 3.05) is 0 Å². The monoisotopic (exact) mass is 171 g/mol. The predicted octanol–water partition coefficient (Wildman–Crippen LogP) is 0.217. The van der Waals surface area contributed by atoms with Crippen molar-refractivity contribution in [1.82, 2.24) is 5.32 Å². The molecule has 12 heavy (non-hydrogen) atoms. The first-order chi connectivity index (χ1) is 5.58. The molecule has 0 aliphatic carbocycles. The summed E-state index contributed by atoms with van der Waals surface area (Å²) in [5, 5.41) is 2.72. The number of hydrogen-bond donors (Lipinski definition) is 1. The van der Waals surface area contributed by atoms with E-state index in [0.717, 1.165) is 0 Å². The van der Waals surface area contributed by atoms with E-state index in [1.807, 2.05) is 6.92 Å². The molecule has 1 aliphatic rings. The van der Waals surface area contributed by atoms with Crippen LogP contribution in [0, 0.1) is 0 Å². The van der Waals surface area contributed by atoms with E-state index < -0.39 is 0 Å². The summed E-state index contributed by atoms with van der Waals surface area (Å²) in [4.78, 5) is 21.0. The highest BCUT2D eigenvalue weighted by atomic mass is 16.5. The molecular formula is C8H13NO3. The minimum atomic E-state index is -0.270. The van der Waals surface area contributed by atoms with Crippen molar-refractivity contribution in [2.45, 2.75) is 38.8 Å². The maximum Gasteiger partial charge on any atom is 0.302 e. The maximum atomic E-state index is 10.5. The van der Waals surface area contributed by atoms with Gasteiger partial charge in [0.25, 0.3) is 0 Å². The molecule has 1 N–H and O–H groups in total. The molecule has 0 radical (unpaired) electrons. The molecule has 1 fully saturated rings. The summed E-state index contributed by atoms with van der Waals surface area (Å²) in [5.41, 5.74) is 0. The number of ether oxygens (including phenoxy) is 1. The van der Waals surface area contributed by atoms with Gasteiger partial charge in [-0.05, 0) is 6.92 Å². The molecule has 0 bridgehead atoms. The highest BCUT2D eigenvalue weighted by molar-refractivity contribution is 5.82. The number of carbonyl (C=O) groups excluding carboxylic acids is 2. The van der Waals surface area contributed by atoms with E-state index >= 15 is 0 Å². The largest absolute Gasteiger partial charge is 0.463 e. The molecule has 0 aromatic carbocycles. The van der Waals surface area contributed by atoms with E-state index in [9.17, 15) is 9.59 Å². The quantitative estimate of drug-likeness (QED) is 0.488. The van der Waals surface area contributed by atoms with Gasteiger partial charge in [-0.15, -0.1) is 0 Å². The average Bonchev–Trinajstić information content (AvgIpc) is 1.82. The SMILES string of the molecule is CC(=O)OC(C)CC1CC(=O)N1. The van der Waals surface area contributed by atoms with Crippen LogP contribution in [0.2, 0.25) is 0 Å². The third kappa shape index (κ3) is 2.53. The van der Waals surface area contributed by atoms with Crippen molar-refractivity contribution in [3.8, 4) is 0 Å². The smallest absolute Gasteiger partial charge is 0.302 e. The summed E-state index contributed by atoms with van der Waals surface area (Å²) in [5.74, 6) is -0.192. The Kier molecular flexibility index (Phi) is 2.68. The summed E-state index contributed by atoms with van der Waals surface area (Å²) >= 11 is 0. The van der Waals surface area contributed by atoms with E-state index in [1.54, 1.807) is 0 Å². The van der Waals surface area contributed by atoms with Gasteiger partial charge in [-0.1, -0.05) is 0 Å². The van der Waals surface area contributed by atoms with E-state index in [-0.39, 0.29) is 24.0 Å². The van der Waals surface area contributed by atoms with Crippen LogP contribution in [0.1, 0.15) is 26.7 Å². The molecule has 0 aromatic rings. The third-order valence-corrected chi connectivity index (χ3v) is 1.78. The molecule has 4 heteroatoms. The second kappa shape index (κ2) is 3.56. The zero-order chi connectivity index (χ0) is 9.14. The molecule has 0 spiro atoms. The Bertz CT molecular complexity index is 194. The molecular weight excluding hydrogens is 158 g/mol. The number of hydrogen-bond acceptors (Lipinski definition) is 3. The van der Waals surface area contributed by atoms with Gasteiger partial charge in [-0.2, -0.15) is 0 Å². The first-order valence-electron chi connectivity index (χ1n) is 4.04. The molecule has 1 saturated heterocycles. The van der Waals surface area contributed by atoms with Crippen LogP contribution in [0.15, 0.2) is 0 Å². The minimum Gasteiger partial charge on any atom is -0.463 e. The van der Waals surface area contributed by atoms with Crippen LogP contribution in [0.25, 0.3) is 0 Å². The summed E-state index contributed by atoms with van der Waals surface area (Å²) < 4.78 is 4.90. The Morgan fingerprint density at radius 3 is 2.83 bits per heavy atom. The van der Waals surface area contributed by atoms with Gasteiger partial charge in [0.15, 0.2) is 0 Å². The first kappa shape index (κ1) is 9.03. The number of carbonyl (C=O) groups is 2. The van der Waals surface area contributed by atoms with Crippen LogP contribution in [0.3, 0.4) is 0 Å². The molecule has 68 valence electrons. The van der Waals surface area contributed by atoms with E-state index in [0.29, 0.717) is 12.8 Å². The molecule has 2 unspecified atom stereocenters. The summed E-state index contributed by atoms with van der Waals surface area (Å²) in [6, 6.07) is 0.201. The van der Waals surface area contributed by atoms with Gasteiger partial charge in [0.05, 0.1) is 0 Å². The Morgan fingerprint density at radius 2 is 2.42 bits per heavy atom. The summed E-state index contributed by atoms with van der Waals surface area (Å²) in [7, 11) is 0. The van der Waals surface area contributed by atoms with Gasteiger partial charge in [-0.25, -0.2) is 0 Å². The molecule has 2 atom stereocenters. The van der Waals surface area contributed by atoms with Crippen molar-refractivity contribution >= 4 is 11.9 Å². The van der Waals surface area contributed by atoms with Gasteiger partial charge in [0, 0.05) is 25.8 Å². The maximum absolute atomic E-state index is 10.5. The normalized spacial score (nSPS) is 23.8. The zero-order valence-electron chi connectivity index (χ0n) is 7.29. The van der Waals surface area contributed by atoms with Crippen LogP contribution in [0.5, 0.6) is 0 Å². The zero-order valence-corrected chi connectivity index (χ0v) is 7.29. The molecule has 0 aromatic heterocycles. The summed E-state index contributed by atoms with van der Waals surface area (Å²) in [6.07, 6.45) is 1.17. The highest BCUT2D eigenvalue weighted by Gasteiger charge is 2.27. The van der Waals surface area contributed by atoms with Gasteiger partial charge in [0.1, 0.15) is 6.10 Å². The lowest BCUT2D eigenvalue weighted by atomic mass is 10.00. The second-order valence-electron chi connectivity index (χ2n) is 3.12. The molecule has 1 heterocycles. The molecule has 0 saturated carbocycles. The lowest BCUT2D eigenvalue weighted by Gasteiger charge is -2.28. The number of rotatable bonds is 3. The topological polar surface area (TPSA) is 55.4 Å². The standard InChI is InChI=1S/C8H13NO3/c1-5(12-6(2)10)3-7-4-8(11)9-7/h5,7H,3-4H2,1-2H3,(H,9,11). The highest BCUT2D eigenvalue weighted by Crippen LogP contribution is 2.12. The summed E-state index contributed by atoms with van der Waals surface area (Å²) in [6.45, 7) is 3.21. The lowest BCUT2D eigenvalue weighted by molar-refractivity contribution is -0.146. The van der Waals surface area contributed by atoms with Crippen molar-refractivity contribution < 1.29 is 14.3 Å².